The van der Waals surface area contributed by atoms with Crippen molar-refractivity contribution in [3.63, 3.8) is 0 Å². The van der Waals surface area contributed by atoms with E-state index in [1.807, 2.05) is 0 Å². The van der Waals surface area contributed by atoms with Gasteiger partial charge < -0.3 is 10.7 Å². The molecule has 0 saturated heterocycles. The molecule has 0 bridgehead atoms. The normalized spacial score (nSPS) is 22.2. The lowest BCUT2D eigenvalue weighted by Gasteiger charge is -2.20. The molecule has 0 unspecified atom stereocenters. The number of aromatic nitrogens is 2. The summed E-state index contributed by atoms with van der Waals surface area (Å²) in [7, 11) is 0. The first-order valence-electron chi connectivity index (χ1n) is 4.64. The number of hydrogen-bond acceptors (Lipinski definition) is 2. The quantitative estimate of drug-likeness (QED) is 0.691. The van der Waals surface area contributed by atoms with Crippen molar-refractivity contribution in [2.75, 3.05) is 6.54 Å². The van der Waals surface area contributed by atoms with Gasteiger partial charge in [-0.3, -0.25) is 0 Å². The summed E-state index contributed by atoms with van der Waals surface area (Å²) in [4.78, 5) is 7.54. The van der Waals surface area contributed by atoms with Gasteiger partial charge in [-0.15, -0.1) is 0 Å². The second-order valence-electron chi connectivity index (χ2n) is 3.43. The number of nitrogens with zero attached hydrogens (tertiary/aromatic N) is 1. The zero-order valence-electron chi connectivity index (χ0n) is 7.21. The van der Waals surface area contributed by atoms with Crippen LogP contribution < -0.4 is 5.73 Å². The van der Waals surface area contributed by atoms with Gasteiger partial charge in [0.2, 0.25) is 0 Å². The van der Waals surface area contributed by atoms with E-state index in [2.05, 4.69) is 9.97 Å². The predicted molar refractivity (Wildman–Crippen MR) is 47.9 cm³/mol. The van der Waals surface area contributed by atoms with Gasteiger partial charge in [0.15, 0.2) is 0 Å². The van der Waals surface area contributed by atoms with Crippen LogP contribution in [0, 0.1) is 0 Å². The molecule has 1 aliphatic rings. The van der Waals surface area contributed by atoms with E-state index in [1.165, 1.54) is 24.2 Å². The Morgan fingerprint density at radius 1 is 1.67 bits per heavy atom. The monoisotopic (exact) mass is 165 g/mol. The highest BCUT2D eigenvalue weighted by atomic mass is 14.9. The molecule has 3 nitrogen and oxygen atoms in total. The fourth-order valence-electron chi connectivity index (χ4n) is 2.03. The van der Waals surface area contributed by atoms with Crippen molar-refractivity contribution < 1.29 is 0 Å². The van der Waals surface area contributed by atoms with E-state index in [0.29, 0.717) is 5.92 Å². The van der Waals surface area contributed by atoms with Gasteiger partial charge in [0.25, 0.3) is 0 Å². The minimum Gasteiger partial charge on any atom is -0.348 e. The Bertz CT molecular complexity index is 254. The van der Waals surface area contributed by atoms with Gasteiger partial charge in [0.05, 0.1) is 12.0 Å². The Kier molecular flexibility index (Phi) is 2.13. The van der Waals surface area contributed by atoms with Crippen molar-refractivity contribution in [2.45, 2.75) is 31.6 Å². The molecule has 2 rings (SSSR count). The molecule has 0 aromatic carbocycles. The number of nitrogens with two attached hydrogens (primary N) is 1. The van der Waals surface area contributed by atoms with Crippen LogP contribution in [0.15, 0.2) is 6.33 Å². The van der Waals surface area contributed by atoms with Crippen LogP contribution in [-0.4, -0.2) is 16.5 Å². The maximum atomic E-state index is 5.55. The minimum absolute atomic E-state index is 0.616. The Morgan fingerprint density at radius 2 is 2.58 bits per heavy atom. The van der Waals surface area contributed by atoms with E-state index >= 15 is 0 Å². The molecule has 1 aromatic rings. The fraction of sp³-hybridized carbons (Fsp3) is 0.667. The number of aryl methyl sites for hydroxylation is 1. The number of fused-ring (bicyclic) bond motifs is 1. The zero-order chi connectivity index (χ0) is 8.39. The highest BCUT2D eigenvalue weighted by Gasteiger charge is 2.21. The molecule has 1 heterocycles. The van der Waals surface area contributed by atoms with E-state index in [4.69, 9.17) is 5.73 Å². The number of nitrogens with one attached hydrogen (secondary N) is 1. The summed E-state index contributed by atoms with van der Waals surface area (Å²) >= 11 is 0. The molecular weight excluding hydrogens is 150 g/mol. The SMILES string of the molecule is NCC[C@@H]1CCCc2[nH]cnc21. The van der Waals surface area contributed by atoms with Gasteiger partial charge in [0, 0.05) is 11.6 Å². The fourth-order valence-corrected chi connectivity index (χ4v) is 2.03. The molecular formula is C9H15N3. The van der Waals surface area contributed by atoms with Crippen molar-refractivity contribution in [3.8, 4) is 0 Å². The third kappa shape index (κ3) is 1.25. The summed E-state index contributed by atoms with van der Waals surface area (Å²) in [6.45, 7) is 0.775. The highest BCUT2D eigenvalue weighted by Crippen LogP contribution is 2.30. The second kappa shape index (κ2) is 3.27. The van der Waals surface area contributed by atoms with Crippen LogP contribution in [0.1, 0.15) is 36.6 Å². The molecule has 3 N–H and O–H groups in total. The third-order valence-electron chi connectivity index (χ3n) is 2.63. The van der Waals surface area contributed by atoms with Gasteiger partial charge in [-0.05, 0) is 32.2 Å². The van der Waals surface area contributed by atoms with Crippen molar-refractivity contribution in [2.24, 2.45) is 5.73 Å². The first-order valence-corrected chi connectivity index (χ1v) is 4.64. The summed E-state index contributed by atoms with van der Waals surface area (Å²) in [5.74, 6) is 0.616. The summed E-state index contributed by atoms with van der Waals surface area (Å²) < 4.78 is 0. The molecule has 0 fully saturated rings. The van der Waals surface area contributed by atoms with E-state index in [9.17, 15) is 0 Å². The lowest BCUT2D eigenvalue weighted by atomic mass is 9.88. The number of hydrogen-bond donors (Lipinski definition) is 2. The maximum Gasteiger partial charge on any atom is 0.0925 e. The van der Waals surface area contributed by atoms with E-state index < -0.39 is 0 Å². The molecule has 1 aromatic heterocycles. The summed E-state index contributed by atoms with van der Waals surface area (Å²) in [6, 6.07) is 0. The van der Waals surface area contributed by atoms with Crippen LogP contribution in [-0.2, 0) is 6.42 Å². The average molecular weight is 165 g/mol. The Morgan fingerprint density at radius 3 is 3.42 bits per heavy atom. The minimum atomic E-state index is 0.616. The van der Waals surface area contributed by atoms with Gasteiger partial charge in [0.1, 0.15) is 0 Å². The van der Waals surface area contributed by atoms with Gasteiger partial charge in [-0.1, -0.05) is 0 Å². The number of H-pyrrole nitrogens is 1. The number of aromatic amines is 1. The molecule has 1 aliphatic carbocycles. The zero-order valence-corrected chi connectivity index (χ0v) is 7.21. The summed E-state index contributed by atoms with van der Waals surface area (Å²) in [6.07, 6.45) is 6.59. The van der Waals surface area contributed by atoms with Crippen LogP contribution >= 0.6 is 0 Å². The summed E-state index contributed by atoms with van der Waals surface area (Å²) in [5, 5.41) is 0. The molecule has 0 radical (unpaired) electrons. The Labute approximate surface area is 72.4 Å². The molecule has 12 heavy (non-hydrogen) atoms. The largest absolute Gasteiger partial charge is 0.348 e. The van der Waals surface area contributed by atoms with Crippen LogP contribution in [0.3, 0.4) is 0 Å². The van der Waals surface area contributed by atoms with Crippen LogP contribution in [0.25, 0.3) is 0 Å². The number of imidazole rings is 1. The van der Waals surface area contributed by atoms with Crippen LogP contribution in [0.5, 0.6) is 0 Å². The van der Waals surface area contributed by atoms with Gasteiger partial charge in [-0.25, -0.2) is 4.98 Å². The lowest BCUT2D eigenvalue weighted by molar-refractivity contribution is 0.513. The number of rotatable bonds is 2. The molecule has 0 spiro atoms. The van der Waals surface area contributed by atoms with Crippen LogP contribution in [0.4, 0.5) is 0 Å². The van der Waals surface area contributed by atoms with E-state index in [-0.39, 0.29) is 0 Å². The third-order valence-corrected chi connectivity index (χ3v) is 2.63. The molecule has 0 aliphatic heterocycles. The molecule has 3 heteroatoms. The topological polar surface area (TPSA) is 54.7 Å². The molecule has 1 atom stereocenters. The van der Waals surface area contributed by atoms with Crippen molar-refractivity contribution >= 4 is 0 Å². The van der Waals surface area contributed by atoms with Crippen molar-refractivity contribution in [3.05, 3.63) is 17.7 Å². The molecule has 66 valence electrons. The Balaban J connectivity index is 2.19. The van der Waals surface area contributed by atoms with Gasteiger partial charge in [-0.2, -0.15) is 0 Å². The lowest BCUT2D eigenvalue weighted by Crippen LogP contribution is -2.13. The first-order chi connectivity index (χ1) is 5.92. The maximum absolute atomic E-state index is 5.55. The highest BCUT2D eigenvalue weighted by molar-refractivity contribution is 5.19. The first kappa shape index (κ1) is 7.80. The standard InChI is InChI=1S/C9H15N3/c10-5-4-7-2-1-3-8-9(7)12-6-11-8/h6-7H,1-5,10H2,(H,11,12)/t7-/m0/s1. The smallest absolute Gasteiger partial charge is 0.0925 e. The molecule has 0 saturated carbocycles. The second-order valence-corrected chi connectivity index (χ2v) is 3.43. The van der Waals surface area contributed by atoms with Gasteiger partial charge >= 0.3 is 0 Å². The van der Waals surface area contributed by atoms with Crippen LogP contribution in [0.2, 0.25) is 0 Å². The average Bonchev–Trinajstić information content (AvgIpc) is 2.53. The van der Waals surface area contributed by atoms with E-state index in [0.717, 1.165) is 19.4 Å². The van der Waals surface area contributed by atoms with E-state index in [1.54, 1.807) is 6.33 Å². The Hall–Kier alpha value is -0.830. The van der Waals surface area contributed by atoms with Crippen molar-refractivity contribution in [1.29, 1.82) is 0 Å². The summed E-state index contributed by atoms with van der Waals surface area (Å²) in [5.41, 5.74) is 8.15. The van der Waals surface area contributed by atoms with Crippen molar-refractivity contribution in [1.82, 2.24) is 9.97 Å². The predicted octanol–water partition coefficient (Wildman–Crippen LogP) is 1.18. The molecule has 0 amide bonds.